The van der Waals surface area contributed by atoms with Crippen LogP contribution < -0.4 is 10.1 Å². The van der Waals surface area contributed by atoms with Gasteiger partial charge in [-0.1, -0.05) is 49.7 Å². The van der Waals surface area contributed by atoms with Gasteiger partial charge in [-0.05, 0) is 24.6 Å². The van der Waals surface area contributed by atoms with Gasteiger partial charge >= 0.3 is 0 Å². The number of hydrogen-bond acceptors (Lipinski definition) is 5. The number of halogens is 1. The zero-order chi connectivity index (χ0) is 24.9. The van der Waals surface area contributed by atoms with E-state index in [1.807, 2.05) is 25.1 Å². The SMILES string of the molecule is CCCCC(=O)N(Cc1ccccc1F)[C@@H]1C=C(C(=O)NCCO)[C@@H]2c3ccccc3O[C@@H]2[C@H]1O. The molecule has 1 aliphatic carbocycles. The second-order valence-electron chi connectivity index (χ2n) is 8.90. The second-order valence-corrected chi connectivity index (χ2v) is 8.90. The zero-order valence-electron chi connectivity index (χ0n) is 19.7. The van der Waals surface area contributed by atoms with E-state index in [0.29, 0.717) is 23.3 Å². The number of unbranched alkanes of at least 4 members (excludes halogenated alkanes) is 1. The van der Waals surface area contributed by atoms with E-state index in [2.05, 4.69) is 5.32 Å². The average molecular weight is 483 g/mol. The summed E-state index contributed by atoms with van der Waals surface area (Å²) in [6.07, 6.45) is 1.37. The van der Waals surface area contributed by atoms with E-state index >= 15 is 0 Å². The predicted octanol–water partition coefficient (Wildman–Crippen LogP) is 2.67. The lowest BCUT2D eigenvalue weighted by atomic mass is 9.77. The Kier molecular flexibility index (Phi) is 7.83. The van der Waals surface area contributed by atoms with Crippen molar-refractivity contribution in [3.8, 4) is 5.75 Å². The predicted molar refractivity (Wildman–Crippen MR) is 128 cm³/mol. The summed E-state index contributed by atoms with van der Waals surface area (Å²) >= 11 is 0. The van der Waals surface area contributed by atoms with Crippen molar-refractivity contribution in [1.82, 2.24) is 10.2 Å². The molecule has 35 heavy (non-hydrogen) atoms. The first kappa shape index (κ1) is 24.9. The Hall–Kier alpha value is -3.23. The van der Waals surface area contributed by atoms with Crippen LogP contribution in [-0.4, -0.2) is 58.3 Å². The zero-order valence-corrected chi connectivity index (χ0v) is 19.7. The van der Waals surface area contributed by atoms with E-state index in [1.165, 1.54) is 11.0 Å². The van der Waals surface area contributed by atoms with Gasteiger partial charge in [-0.2, -0.15) is 0 Å². The van der Waals surface area contributed by atoms with Crippen molar-refractivity contribution in [2.75, 3.05) is 13.2 Å². The van der Waals surface area contributed by atoms with Crippen molar-refractivity contribution in [3.05, 3.63) is 77.1 Å². The fraction of sp³-hybridized carbons (Fsp3) is 0.407. The molecule has 4 rings (SSSR count). The van der Waals surface area contributed by atoms with Crippen LogP contribution in [0.4, 0.5) is 4.39 Å². The van der Waals surface area contributed by atoms with Gasteiger partial charge in [0.1, 0.15) is 23.8 Å². The van der Waals surface area contributed by atoms with Crippen molar-refractivity contribution in [2.24, 2.45) is 0 Å². The number of rotatable bonds is 9. The fourth-order valence-electron chi connectivity index (χ4n) is 4.83. The van der Waals surface area contributed by atoms with Gasteiger partial charge < -0.3 is 25.2 Å². The van der Waals surface area contributed by atoms with Gasteiger partial charge in [0.15, 0.2) is 0 Å². The fourth-order valence-corrected chi connectivity index (χ4v) is 4.83. The molecule has 4 atom stereocenters. The number of hydrogen-bond donors (Lipinski definition) is 3. The number of carbonyl (C=O) groups excluding carboxylic acids is 2. The molecule has 0 saturated heterocycles. The number of benzene rings is 2. The molecule has 0 saturated carbocycles. The number of fused-ring (bicyclic) bond motifs is 3. The first-order chi connectivity index (χ1) is 17.0. The molecule has 0 unspecified atom stereocenters. The first-order valence-corrected chi connectivity index (χ1v) is 12.0. The lowest BCUT2D eigenvalue weighted by Gasteiger charge is -2.41. The van der Waals surface area contributed by atoms with Crippen LogP contribution in [0.25, 0.3) is 0 Å². The quantitative estimate of drug-likeness (QED) is 0.511. The summed E-state index contributed by atoms with van der Waals surface area (Å²) < 4.78 is 20.6. The van der Waals surface area contributed by atoms with Gasteiger partial charge in [-0.15, -0.1) is 0 Å². The largest absolute Gasteiger partial charge is 0.486 e. The number of aliphatic hydroxyl groups is 2. The van der Waals surface area contributed by atoms with Crippen LogP contribution in [0.1, 0.15) is 43.2 Å². The summed E-state index contributed by atoms with van der Waals surface area (Å²) in [6, 6.07) is 12.6. The van der Waals surface area contributed by atoms with Crippen molar-refractivity contribution < 1.29 is 28.9 Å². The maximum absolute atomic E-state index is 14.5. The van der Waals surface area contributed by atoms with Crippen molar-refractivity contribution in [3.63, 3.8) is 0 Å². The summed E-state index contributed by atoms with van der Waals surface area (Å²) in [4.78, 5) is 27.9. The molecular formula is C27H31FN2O5. The van der Waals surface area contributed by atoms with E-state index in [-0.39, 0.29) is 32.0 Å². The smallest absolute Gasteiger partial charge is 0.247 e. The lowest BCUT2D eigenvalue weighted by molar-refractivity contribution is -0.138. The molecule has 2 amide bonds. The summed E-state index contributed by atoms with van der Waals surface area (Å²) in [5.41, 5.74) is 1.45. The minimum atomic E-state index is -1.14. The monoisotopic (exact) mass is 482 g/mol. The summed E-state index contributed by atoms with van der Waals surface area (Å²) in [5.74, 6) is -1.05. The van der Waals surface area contributed by atoms with Crippen LogP contribution >= 0.6 is 0 Å². The van der Waals surface area contributed by atoms with Gasteiger partial charge in [0.2, 0.25) is 11.8 Å². The summed E-state index contributed by atoms with van der Waals surface area (Å²) in [6.45, 7) is 1.77. The molecule has 0 bridgehead atoms. The molecule has 7 nitrogen and oxygen atoms in total. The van der Waals surface area contributed by atoms with Crippen LogP contribution in [0, 0.1) is 5.82 Å². The Labute approximate surface area is 204 Å². The first-order valence-electron chi connectivity index (χ1n) is 12.0. The number of ether oxygens (including phenoxy) is 1. The number of nitrogens with zero attached hydrogens (tertiary/aromatic N) is 1. The van der Waals surface area contributed by atoms with Gasteiger partial charge in [0, 0.05) is 36.2 Å². The van der Waals surface area contributed by atoms with Crippen LogP contribution in [0.2, 0.25) is 0 Å². The number of carbonyl (C=O) groups is 2. The molecule has 2 aliphatic rings. The van der Waals surface area contributed by atoms with Crippen molar-refractivity contribution >= 4 is 11.8 Å². The highest BCUT2D eigenvalue weighted by Crippen LogP contribution is 2.47. The summed E-state index contributed by atoms with van der Waals surface area (Å²) in [7, 11) is 0. The molecule has 1 heterocycles. The van der Waals surface area contributed by atoms with E-state index in [1.54, 1.807) is 30.3 Å². The van der Waals surface area contributed by atoms with Gasteiger partial charge in [-0.25, -0.2) is 4.39 Å². The third-order valence-corrected chi connectivity index (χ3v) is 6.60. The van der Waals surface area contributed by atoms with Crippen LogP contribution in [-0.2, 0) is 16.1 Å². The molecule has 0 radical (unpaired) electrons. The third-order valence-electron chi connectivity index (χ3n) is 6.60. The Morgan fingerprint density at radius 2 is 1.89 bits per heavy atom. The molecule has 0 fully saturated rings. The topological polar surface area (TPSA) is 99.1 Å². The molecular weight excluding hydrogens is 451 g/mol. The van der Waals surface area contributed by atoms with E-state index in [0.717, 1.165) is 12.0 Å². The number of amides is 2. The molecule has 2 aromatic rings. The Morgan fingerprint density at radius 1 is 1.14 bits per heavy atom. The number of nitrogens with one attached hydrogen (secondary N) is 1. The molecule has 8 heteroatoms. The number of aliphatic hydroxyl groups excluding tert-OH is 2. The molecule has 0 spiro atoms. The van der Waals surface area contributed by atoms with Gasteiger partial charge in [-0.3, -0.25) is 9.59 Å². The lowest BCUT2D eigenvalue weighted by Crippen LogP contribution is -2.55. The minimum Gasteiger partial charge on any atom is -0.486 e. The summed E-state index contributed by atoms with van der Waals surface area (Å²) in [5, 5.41) is 23.3. The highest BCUT2D eigenvalue weighted by Gasteiger charge is 2.50. The third kappa shape index (κ3) is 5.09. The normalized spacial score (nSPS) is 22.5. The van der Waals surface area contributed by atoms with Crippen LogP contribution in [0.5, 0.6) is 5.75 Å². The van der Waals surface area contributed by atoms with E-state index < -0.39 is 35.9 Å². The molecule has 2 aromatic carbocycles. The maximum Gasteiger partial charge on any atom is 0.247 e. The van der Waals surface area contributed by atoms with E-state index in [4.69, 9.17) is 4.74 Å². The highest BCUT2D eigenvalue weighted by atomic mass is 19.1. The van der Waals surface area contributed by atoms with Crippen LogP contribution in [0.15, 0.2) is 60.2 Å². The number of para-hydroxylation sites is 1. The average Bonchev–Trinajstić information content (AvgIpc) is 3.26. The maximum atomic E-state index is 14.5. The Morgan fingerprint density at radius 3 is 2.63 bits per heavy atom. The van der Waals surface area contributed by atoms with Crippen molar-refractivity contribution in [1.29, 1.82) is 0 Å². The minimum absolute atomic E-state index is 0.0523. The molecule has 3 N–H and O–H groups in total. The highest BCUT2D eigenvalue weighted by molar-refractivity contribution is 5.96. The molecule has 1 aliphatic heterocycles. The standard InChI is InChI=1S/C27H31FN2O5/c1-2-3-12-23(32)30(16-17-8-4-6-10-20(17)28)21-15-19(27(34)29-13-14-31)24-18-9-5-7-11-22(18)35-26(24)25(21)33/h4-11,15,21,24-26,31,33H,2-3,12-14,16H2,1H3,(H,29,34)/t21-,24+,25+,26+/m1/s1. The molecule has 0 aromatic heterocycles. The Bertz CT molecular complexity index is 1100. The van der Waals surface area contributed by atoms with E-state index in [9.17, 15) is 24.2 Å². The van der Waals surface area contributed by atoms with Crippen LogP contribution in [0.3, 0.4) is 0 Å². The van der Waals surface area contributed by atoms with Gasteiger partial charge in [0.25, 0.3) is 0 Å². The second kappa shape index (κ2) is 11.0. The van der Waals surface area contributed by atoms with Crippen molar-refractivity contribution in [2.45, 2.75) is 56.9 Å². The molecule has 186 valence electrons. The Balaban J connectivity index is 1.76. The van der Waals surface area contributed by atoms with Gasteiger partial charge in [0.05, 0.1) is 18.6 Å².